The summed E-state index contributed by atoms with van der Waals surface area (Å²) in [5, 5.41) is 15.7. The van der Waals surface area contributed by atoms with Crippen molar-refractivity contribution >= 4 is 23.8 Å². The number of rotatable bonds is 10. The minimum atomic E-state index is -1.06. The number of nitrogens with zero attached hydrogens (tertiary/aromatic N) is 2. The molecule has 0 aromatic carbocycles. The molecule has 1 saturated carbocycles. The van der Waals surface area contributed by atoms with Crippen molar-refractivity contribution in [2.75, 3.05) is 31.6 Å². The van der Waals surface area contributed by atoms with E-state index < -0.39 is 17.6 Å². The fraction of sp³-hybridized carbons (Fsp3) is 0.724. The SMILES string of the molecule is CC(C)(C)OC(=O)N1CCC(C(=O)NC(CCOC2CC(CCc3ccc4c(n3)NCCC4)C2)C(=O)O)CC1. The molecule has 1 aromatic rings. The molecular weight excluding hydrogens is 500 g/mol. The predicted molar refractivity (Wildman–Crippen MR) is 147 cm³/mol. The first-order valence-electron chi connectivity index (χ1n) is 14.4. The monoisotopic (exact) mass is 544 g/mol. The molecule has 3 heterocycles. The number of pyridine rings is 1. The van der Waals surface area contributed by atoms with Crippen LogP contribution in [0, 0.1) is 11.8 Å². The summed E-state index contributed by atoms with van der Waals surface area (Å²) in [6, 6.07) is 3.35. The number of aryl methyl sites for hydroxylation is 2. The molecule has 1 atom stereocenters. The van der Waals surface area contributed by atoms with Gasteiger partial charge in [-0.1, -0.05) is 6.07 Å². The van der Waals surface area contributed by atoms with Crippen LogP contribution in [0.3, 0.4) is 0 Å². The third kappa shape index (κ3) is 8.55. The predicted octanol–water partition coefficient (Wildman–Crippen LogP) is 3.77. The third-order valence-corrected chi connectivity index (χ3v) is 7.85. The number of ether oxygens (including phenoxy) is 2. The van der Waals surface area contributed by atoms with E-state index in [1.165, 1.54) is 5.56 Å². The van der Waals surface area contributed by atoms with Gasteiger partial charge in [-0.2, -0.15) is 0 Å². The lowest BCUT2D eigenvalue weighted by Crippen LogP contribution is -2.48. The summed E-state index contributed by atoms with van der Waals surface area (Å²) < 4.78 is 11.3. The Kier molecular flexibility index (Phi) is 9.69. The number of anilines is 1. The van der Waals surface area contributed by atoms with Crippen LogP contribution in [0.4, 0.5) is 10.6 Å². The highest BCUT2D eigenvalue weighted by Crippen LogP contribution is 2.34. The summed E-state index contributed by atoms with van der Waals surface area (Å²) in [5.74, 6) is -0.0148. The molecule has 0 radical (unpaired) electrons. The van der Waals surface area contributed by atoms with Gasteiger partial charge in [-0.3, -0.25) is 4.79 Å². The van der Waals surface area contributed by atoms with Gasteiger partial charge in [0.1, 0.15) is 17.5 Å². The van der Waals surface area contributed by atoms with Gasteiger partial charge in [0.05, 0.1) is 6.10 Å². The number of piperidine rings is 1. The van der Waals surface area contributed by atoms with Crippen LogP contribution in [0.5, 0.6) is 0 Å². The molecule has 10 heteroatoms. The first-order valence-corrected chi connectivity index (χ1v) is 14.4. The highest BCUT2D eigenvalue weighted by molar-refractivity contribution is 5.85. The van der Waals surface area contributed by atoms with E-state index in [4.69, 9.17) is 14.5 Å². The van der Waals surface area contributed by atoms with Crippen LogP contribution in [-0.2, 0) is 31.9 Å². The number of aromatic nitrogens is 1. The van der Waals surface area contributed by atoms with Gasteiger partial charge in [0.25, 0.3) is 0 Å². The molecule has 3 aliphatic rings. The van der Waals surface area contributed by atoms with Gasteiger partial charge in [0.15, 0.2) is 0 Å². The molecule has 3 N–H and O–H groups in total. The van der Waals surface area contributed by atoms with Gasteiger partial charge in [0, 0.05) is 44.3 Å². The van der Waals surface area contributed by atoms with Gasteiger partial charge in [-0.05, 0) is 89.7 Å². The molecule has 39 heavy (non-hydrogen) atoms. The van der Waals surface area contributed by atoms with E-state index in [0.717, 1.165) is 56.6 Å². The van der Waals surface area contributed by atoms with Crippen LogP contribution in [0.25, 0.3) is 0 Å². The van der Waals surface area contributed by atoms with Crippen LogP contribution >= 0.6 is 0 Å². The fourth-order valence-electron chi connectivity index (χ4n) is 5.46. The van der Waals surface area contributed by atoms with Crippen LogP contribution in [0.15, 0.2) is 12.1 Å². The zero-order valence-corrected chi connectivity index (χ0v) is 23.5. The molecule has 0 spiro atoms. The largest absolute Gasteiger partial charge is 0.480 e. The lowest BCUT2D eigenvalue weighted by Gasteiger charge is -2.35. The lowest BCUT2D eigenvalue weighted by molar-refractivity contribution is -0.143. The Hall–Kier alpha value is -2.88. The maximum atomic E-state index is 12.7. The second-order valence-corrected chi connectivity index (χ2v) is 12.1. The summed E-state index contributed by atoms with van der Waals surface area (Å²) in [7, 11) is 0. The number of carbonyl (C=O) groups excluding carboxylic acids is 2. The van der Waals surface area contributed by atoms with Crippen LogP contribution in [0.1, 0.15) is 77.0 Å². The van der Waals surface area contributed by atoms with E-state index in [-0.39, 0.29) is 30.4 Å². The number of amides is 2. The lowest BCUT2D eigenvalue weighted by atomic mass is 9.79. The first-order chi connectivity index (χ1) is 18.6. The normalized spacial score (nSPS) is 22.2. The summed E-state index contributed by atoms with van der Waals surface area (Å²) in [6.07, 6.45) is 7.19. The zero-order chi connectivity index (χ0) is 28.0. The Balaban J connectivity index is 1.11. The Bertz CT molecular complexity index is 1010. The van der Waals surface area contributed by atoms with Crippen molar-refractivity contribution in [1.82, 2.24) is 15.2 Å². The van der Waals surface area contributed by atoms with Crippen molar-refractivity contribution in [2.24, 2.45) is 11.8 Å². The Labute approximate surface area is 231 Å². The van der Waals surface area contributed by atoms with Gasteiger partial charge < -0.3 is 30.1 Å². The number of carbonyl (C=O) groups is 3. The number of hydrogen-bond acceptors (Lipinski definition) is 7. The Morgan fingerprint density at radius 1 is 1.21 bits per heavy atom. The molecule has 2 fully saturated rings. The molecule has 1 unspecified atom stereocenters. The molecule has 1 aliphatic carbocycles. The minimum Gasteiger partial charge on any atom is -0.480 e. The average Bonchev–Trinajstić information content (AvgIpc) is 2.87. The van der Waals surface area contributed by atoms with E-state index in [2.05, 4.69) is 22.8 Å². The standard InChI is InChI=1S/C29H44N4O6/c1-29(2,3)39-28(37)33-14-10-21(11-15-33)26(34)32-24(27(35)36)12-16-38-23-17-19(18-23)6-8-22-9-7-20-5-4-13-30-25(20)31-22/h7,9,19,21,23-24H,4-6,8,10-18H2,1-3H3,(H,30,31)(H,32,34)(H,35,36). The second-order valence-electron chi connectivity index (χ2n) is 12.1. The van der Waals surface area contributed by atoms with Crippen molar-refractivity contribution in [3.8, 4) is 0 Å². The van der Waals surface area contributed by atoms with Crippen LogP contribution in [-0.4, -0.2) is 76.9 Å². The Morgan fingerprint density at radius 2 is 1.95 bits per heavy atom. The molecule has 216 valence electrons. The van der Waals surface area contributed by atoms with Crippen molar-refractivity contribution < 1.29 is 29.0 Å². The van der Waals surface area contributed by atoms with E-state index in [9.17, 15) is 19.5 Å². The van der Waals surface area contributed by atoms with Gasteiger partial charge in [-0.15, -0.1) is 0 Å². The molecular formula is C29H44N4O6. The molecule has 1 aromatic heterocycles. The number of carboxylic acids is 1. The van der Waals surface area contributed by atoms with Crippen molar-refractivity contribution in [3.63, 3.8) is 0 Å². The van der Waals surface area contributed by atoms with Crippen LogP contribution < -0.4 is 10.6 Å². The van der Waals surface area contributed by atoms with Crippen molar-refractivity contribution in [3.05, 3.63) is 23.4 Å². The molecule has 10 nitrogen and oxygen atoms in total. The van der Waals surface area contributed by atoms with Crippen molar-refractivity contribution in [2.45, 2.75) is 96.3 Å². The summed E-state index contributed by atoms with van der Waals surface area (Å²) in [4.78, 5) is 43.1. The Morgan fingerprint density at radius 3 is 2.64 bits per heavy atom. The highest BCUT2D eigenvalue weighted by atomic mass is 16.6. The quantitative estimate of drug-likeness (QED) is 0.406. The second kappa shape index (κ2) is 13.0. The third-order valence-electron chi connectivity index (χ3n) is 7.85. The average molecular weight is 545 g/mol. The van der Waals surface area contributed by atoms with E-state index >= 15 is 0 Å². The van der Waals surface area contributed by atoms with E-state index in [0.29, 0.717) is 38.5 Å². The number of hydrogen-bond donors (Lipinski definition) is 3. The molecule has 2 amide bonds. The first kappa shape index (κ1) is 29.1. The molecule has 2 aliphatic heterocycles. The molecule has 0 bridgehead atoms. The maximum Gasteiger partial charge on any atom is 0.410 e. The van der Waals surface area contributed by atoms with Crippen LogP contribution in [0.2, 0.25) is 0 Å². The number of carboxylic acid groups (broad SMARTS) is 1. The van der Waals surface area contributed by atoms with Crippen molar-refractivity contribution in [1.29, 1.82) is 0 Å². The van der Waals surface area contributed by atoms with E-state index in [1.807, 2.05) is 20.8 Å². The van der Waals surface area contributed by atoms with Gasteiger partial charge in [-0.25, -0.2) is 14.6 Å². The summed E-state index contributed by atoms with van der Waals surface area (Å²) in [6.45, 7) is 7.56. The van der Waals surface area contributed by atoms with Gasteiger partial charge >= 0.3 is 12.1 Å². The number of fused-ring (bicyclic) bond motifs is 1. The maximum absolute atomic E-state index is 12.7. The number of aliphatic carboxylic acids is 1. The smallest absolute Gasteiger partial charge is 0.410 e. The summed E-state index contributed by atoms with van der Waals surface area (Å²) in [5.41, 5.74) is 1.86. The minimum absolute atomic E-state index is 0.149. The zero-order valence-electron chi connectivity index (χ0n) is 23.5. The number of likely N-dealkylation sites (tertiary alicyclic amines) is 1. The highest BCUT2D eigenvalue weighted by Gasteiger charge is 2.33. The summed E-state index contributed by atoms with van der Waals surface area (Å²) >= 11 is 0. The molecule has 4 rings (SSSR count). The van der Waals surface area contributed by atoms with Gasteiger partial charge in [0.2, 0.25) is 5.91 Å². The topological polar surface area (TPSA) is 130 Å². The molecule has 1 saturated heterocycles. The fourth-order valence-corrected chi connectivity index (χ4v) is 5.46. The van der Waals surface area contributed by atoms with E-state index in [1.54, 1.807) is 4.90 Å². The number of nitrogens with one attached hydrogen (secondary N) is 2.